The molecule has 0 saturated heterocycles. The number of carbonyl (C=O) groups is 2. The molecule has 3 atom stereocenters. The van der Waals surface area contributed by atoms with Gasteiger partial charge in [-0.25, -0.2) is 4.79 Å². The maximum atomic E-state index is 13.7. The number of nitrogens with zero attached hydrogens (tertiary/aromatic N) is 3. The number of alkyl carbamates (subject to hydrolysis) is 1. The van der Waals surface area contributed by atoms with Crippen LogP contribution in [0.25, 0.3) is 0 Å². The summed E-state index contributed by atoms with van der Waals surface area (Å²) in [4.78, 5) is 31.3. The number of nitrogens with one attached hydrogen (secondary N) is 1. The summed E-state index contributed by atoms with van der Waals surface area (Å²) in [6.07, 6.45) is -2.78. The molecule has 0 bridgehead atoms. The van der Waals surface area contributed by atoms with Gasteiger partial charge in [-0.1, -0.05) is 0 Å². The molecule has 33 heavy (non-hydrogen) atoms. The van der Waals surface area contributed by atoms with Gasteiger partial charge in [-0.05, 0) is 58.6 Å². The van der Waals surface area contributed by atoms with Gasteiger partial charge < -0.3 is 15.0 Å². The van der Waals surface area contributed by atoms with Crippen molar-refractivity contribution in [2.45, 2.75) is 77.7 Å². The molecular formula is C23H29F3N4O3. The number of halogens is 3. The van der Waals surface area contributed by atoms with Crippen LogP contribution in [-0.2, 0) is 28.7 Å². The van der Waals surface area contributed by atoms with Crippen molar-refractivity contribution in [1.82, 2.24) is 15.2 Å². The van der Waals surface area contributed by atoms with Crippen LogP contribution in [-0.4, -0.2) is 40.1 Å². The number of pyridine rings is 1. The highest BCUT2D eigenvalue weighted by molar-refractivity contribution is 5.84. The molecule has 0 radical (unpaired) electrons. The zero-order chi connectivity index (χ0) is 24.6. The van der Waals surface area contributed by atoms with E-state index >= 15 is 0 Å². The van der Waals surface area contributed by atoms with Gasteiger partial charge in [0.25, 0.3) is 0 Å². The number of hydrogen-bond acceptors (Lipinski definition) is 5. The van der Waals surface area contributed by atoms with Gasteiger partial charge in [0.05, 0.1) is 23.0 Å². The number of carbonyl (C=O) groups excluding carboxylic acids is 2. The second-order valence-electron chi connectivity index (χ2n) is 9.90. The van der Waals surface area contributed by atoms with E-state index in [1.807, 2.05) is 0 Å². The Morgan fingerprint density at radius 1 is 1.36 bits per heavy atom. The van der Waals surface area contributed by atoms with Crippen LogP contribution in [0, 0.1) is 22.7 Å². The fourth-order valence-electron chi connectivity index (χ4n) is 4.64. The third-order valence-corrected chi connectivity index (χ3v) is 6.37. The van der Waals surface area contributed by atoms with Crippen LogP contribution in [0.2, 0.25) is 0 Å². The van der Waals surface area contributed by atoms with Crippen molar-refractivity contribution in [2.24, 2.45) is 11.3 Å². The van der Waals surface area contributed by atoms with Crippen LogP contribution in [0.1, 0.15) is 63.8 Å². The molecule has 0 spiro atoms. The molecule has 1 aliphatic heterocycles. The molecule has 1 saturated carbocycles. The third kappa shape index (κ3) is 5.40. The number of alkyl halides is 3. The van der Waals surface area contributed by atoms with E-state index in [4.69, 9.17) is 4.74 Å². The van der Waals surface area contributed by atoms with E-state index in [0.717, 1.165) is 12.3 Å². The first-order chi connectivity index (χ1) is 15.2. The van der Waals surface area contributed by atoms with Crippen molar-refractivity contribution < 1.29 is 27.5 Å². The molecule has 2 aliphatic rings. The van der Waals surface area contributed by atoms with E-state index in [0.29, 0.717) is 37.1 Å². The van der Waals surface area contributed by atoms with Gasteiger partial charge in [0.1, 0.15) is 5.60 Å². The Morgan fingerprint density at radius 3 is 2.67 bits per heavy atom. The first-order valence-electron chi connectivity index (χ1n) is 11.0. The van der Waals surface area contributed by atoms with Crippen molar-refractivity contribution in [1.29, 1.82) is 5.26 Å². The normalized spacial score (nSPS) is 23.9. The molecule has 1 fully saturated rings. The van der Waals surface area contributed by atoms with Crippen molar-refractivity contribution >= 4 is 12.0 Å². The molecule has 1 aromatic rings. The van der Waals surface area contributed by atoms with Gasteiger partial charge in [-0.15, -0.1) is 0 Å². The summed E-state index contributed by atoms with van der Waals surface area (Å²) in [5, 5.41) is 12.4. The molecule has 10 heteroatoms. The van der Waals surface area contributed by atoms with Gasteiger partial charge in [-0.2, -0.15) is 18.4 Å². The Bertz CT molecular complexity index is 967. The summed E-state index contributed by atoms with van der Waals surface area (Å²) in [5.41, 5.74) is -1.63. The van der Waals surface area contributed by atoms with Crippen molar-refractivity contribution in [3.8, 4) is 6.07 Å². The van der Waals surface area contributed by atoms with Crippen LogP contribution >= 0.6 is 0 Å². The van der Waals surface area contributed by atoms with Gasteiger partial charge >= 0.3 is 12.3 Å². The van der Waals surface area contributed by atoms with Gasteiger partial charge in [0, 0.05) is 37.4 Å². The number of hydrogen-bond donors (Lipinski definition) is 1. The molecule has 2 amide bonds. The minimum Gasteiger partial charge on any atom is -0.444 e. The minimum absolute atomic E-state index is 0.00907. The first-order valence-corrected chi connectivity index (χ1v) is 11.0. The number of aromatic nitrogens is 1. The Hall–Kier alpha value is -2.83. The Labute approximate surface area is 191 Å². The fraction of sp³-hybridized carbons (Fsp3) is 0.652. The first kappa shape index (κ1) is 24.8. The Balaban J connectivity index is 1.79. The zero-order valence-electron chi connectivity index (χ0n) is 19.3. The lowest BCUT2D eigenvalue weighted by Crippen LogP contribution is -2.49. The van der Waals surface area contributed by atoms with Gasteiger partial charge in [0.15, 0.2) is 0 Å². The number of amides is 2. The second kappa shape index (κ2) is 8.84. The van der Waals surface area contributed by atoms with Crippen molar-refractivity contribution in [2.75, 3.05) is 6.54 Å². The summed E-state index contributed by atoms with van der Waals surface area (Å²) in [6, 6.07) is 2.88. The molecular weight excluding hydrogens is 437 g/mol. The maximum absolute atomic E-state index is 13.7. The quantitative estimate of drug-likeness (QED) is 0.720. The molecule has 1 aliphatic carbocycles. The standard InChI is InChI=1S/C23H29F3N4O3/c1-14(11-27)22(7-5-17(10-22)29-20(32)33-21(2,3)4)19(31)30-8-6-18-15(13-30)9-16(12-28-18)23(24,25)26/h9,12,14,17H,5-8,10,13H2,1-4H3,(H,29,32)/t14?,17-,22+/m1/s1. The molecule has 180 valence electrons. The monoisotopic (exact) mass is 466 g/mol. The van der Waals surface area contributed by atoms with E-state index in [-0.39, 0.29) is 24.9 Å². The number of rotatable bonds is 3. The smallest absolute Gasteiger partial charge is 0.417 e. The molecule has 2 heterocycles. The Kier molecular flexibility index (Phi) is 6.65. The number of fused-ring (bicyclic) bond motifs is 1. The van der Waals surface area contributed by atoms with Crippen LogP contribution in [0.4, 0.5) is 18.0 Å². The molecule has 1 N–H and O–H groups in total. The van der Waals surface area contributed by atoms with E-state index in [2.05, 4.69) is 16.4 Å². The maximum Gasteiger partial charge on any atom is 0.417 e. The fourth-order valence-corrected chi connectivity index (χ4v) is 4.64. The van der Waals surface area contributed by atoms with Crippen LogP contribution in [0.15, 0.2) is 12.3 Å². The third-order valence-electron chi connectivity index (χ3n) is 6.37. The van der Waals surface area contributed by atoms with E-state index in [9.17, 15) is 28.0 Å². The summed E-state index contributed by atoms with van der Waals surface area (Å²) in [6.45, 7) is 7.25. The predicted molar refractivity (Wildman–Crippen MR) is 113 cm³/mol. The lowest BCUT2D eigenvalue weighted by molar-refractivity contribution is -0.145. The van der Waals surface area contributed by atoms with E-state index in [1.54, 1.807) is 27.7 Å². The summed E-state index contributed by atoms with van der Waals surface area (Å²) < 4.78 is 44.7. The number of nitriles is 1. The topological polar surface area (TPSA) is 95.3 Å². The van der Waals surface area contributed by atoms with Crippen LogP contribution in [0.5, 0.6) is 0 Å². The van der Waals surface area contributed by atoms with Crippen molar-refractivity contribution in [3.05, 3.63) is 29.1 Å². The predicted octanol–water partition coefficient (Wildman–Crippen LogP) is 4.21. The second-order valence-corrected chi connectivity index (χ2v) is 9.90. The van der Waals surface area contributed by atoms with Gasteiger partial charge in [0.2, 0.25) is 5.91 Å². The SMILES string of the molecule is CC(C#N)[C@]1(C(=O)N2CCc3ncc(C(F)(F)F)cc3C2)CC[C@@H](NC(=O)OC(C)(C)C)C1. The summed E-state index contributed by atoms with van der Waals surface area (Å²) in [5.74, 6) is -0.899. The molecule has 1 unspecified atom stereocenters. The molecule has 1 aromatic heterocycles. The van der Waals surface area contributed by atoms with Crippen LogP contribution < -0.4 is 5.32 Å². The highest BCUT2D eigenvalue weighted by Crippen LogP contribution is 2.46. The average molecular weight is 467 g/mol. The summed E-state index contributed by atoms with van der Waals surface area (Å²) >= 11 is 0. The van der Waals surface area contributed by atoms with Crippen LogP contribution in [0.3, 0.4) is 0 Å². The molecule has 3 rings (SSSR count). The average Bonchev–Trinajstić information content (AvgIpc) is 3.14. The minimum atomic E-state index is -4.52. The zero-order valence-corrected chi connectivity index (χ0v) is 19.3. The Morgan fingerprint density at radius 2 is 2.06 bits per heavy atom. The highest BCUT2D eigenvalue weighted by Gasteiger charge is 2.52. The summed E-state index contributed by atoms with van der Waals surface area (Å²) in [7, 11) is 0. The lowest BCUT2D eigenvalue weighted by Gasteiger charge is -2.38. The van der Waals surface area contributed by atoms with E-state index < -0.39 is 34.8 Å². The number of ether oxygens (including phenoxy) is 1. The van der Waals surface area contributed by atoms with Crippen molar-refractivity contribution in [3.63, 3.8) is 0 Å². The molecule has 7 nitrogen and oxygen atoms in total. The largest absolute Gasteiger partial charge is 0.444 e. The highest BCUT2D eigenvalue weighted by atomic mass is 19.4. The van der Waals surface area contributed by atoms with Gasteiger partial charge in [-0.3, -0.25) is 9.78 Å². The lowest BCUT2D eigenvalue weighted by atomic mass is 9.73. The molecule has 0 aromatic carbocycles. The van der Waals surface area contributed by atoms with E-state index in [1.165, 1.54) is 4.90 Å².